The lowest BCUT2D eigenvalue weighted by atomic mass is 9.89. The highest BCUT2D eigenvalue weighted by Gasteiger charge is 2.22. The van der Waals surface area contributed by atoms with E-state index in [-0.39, 0.29) is 0 Å². The van der Waals surface area contributed by atoms with Crippen molar-refractivity contribution in [3.05, 3.63) is 182 Å². The number of fused-ring (bicyclic) bond motifs is 12. The van der Waals surface area contributed by atoms with Gasteiger partial charge in [-0.25, -0.2) is 15.0 Å². The molecule has 0 aliphatic heterocycles. The smallest absolute Gasteiger partial charge is 0.164 e. The van der Waals surface area contributed by atoms with Gasteiger partial charge >= 0.3 is 0 Å². The van der Waals surface area contributed by atoms with Crippen molar-refractivity contribution in [2.45, 2.75) is 0 Å². The molecule has 0 aliphatic rings. The second-order valence-electron chi connectivity index (χ2n) is 14.4. The maximum absolute atomic E-state index is 5.28. The lowest BCUT2D eigenvalue weighted by molar-refractivity contribution is 1.07. The molecule has 3 heterocycles. The molecule has 0 radical (unpaired) electrons. The minimum atomic E-state index is 0.638. The van der Waals surface area contributed by atoms with Crippen molar-refractivity contribution in [2.24, 2.45) is 0 Å². The lowest BCUT2D eigenvalue weighted by Gasteiger charge is -2.17. The van der Waals surface area contributed by atoms with Gasteiger partial charge in [-0.2, -0.15) is 0 Å². The van der Waals surface area contributed by atoms with Gasteiger partial charge in [0.05, 0.1) is 16.6 Å². The number of rotatable bonds is 4. The van der Waals surface area contributed by atoms with Crippen molar-refractivity contribution in [1.82, 2.24) is 19.4 Å². The van der Waals surface area contributed by atoms with Crippen LogP contribution in [0, 0.1) is 0 Å². The van der Waals surface area contributed by atoms with Gasteiger partial charge in [0.1, 0.15) is 0 Å². The fourth-order valence-corrected chi connectivity index (χ4v) is 8.90. The summed E-state index contributed by atoms with van der Waals surface area (Å²) in [7, 11) is 0. The normalized spacial score (nSPS) is 12.0. The van der Waals surface area contributed by atoms with E-state index in [0.717, 1.165) is 27.8 Å². The van der Waals surface area contributed by atoms with Crippen LogP contribution in [-0.4, -0.2) is 19.4 Å². The summed E-state index contributed by atoms with van der Waals surface area (Å²) in [4.78, 5) is 15.6. The Kier molecular flexibility index (Phi) is 6.31. The van der Waals surface area contributed by atoms with Gasteiger partial charge in [0.15, 0.2) is 17.5 Å². The second kappa shape index (κ2) is 11.5. The van der Waals surface area contributed by atoms with Crippen molar-refractivity contribution in [3.8, 4) is 45.3 Å². The van der Waals surface area contributed by atoms with Crippen LogP contribution in [0.1, 0.15) is 0 Å². The van der Waals surface area contributed by atoms with Gasteiger partial charge in [-0.05, 0) is 67.7 Å². The summed E-state index contributed by atoms with van der Waals surface area (Å²) < 4.78 is 2.45. The molecule has 0 amide bonds. The van der Waals surface area contributed by atoms with Crippen LogP contribution in [0.2, 0.25) is 0 Å². The highest BCUT2D eigenvalue weighted by molar-refractivity contribution is 6.27. The Labute approximate surface area is 316 Å². The first kappa shape index (κ1) is 30.1. The van der Waals surface area contributed by atoms with Crippen LogP contribution >= 0.6 is 0 Å². The fourth-order valence-electron chi connectivity index (χ4n) is 8.90. The van der Waals surface area contributed by atoms with Crippen molar-refractivity contribution in [3.63, 3.8) is 0 Å². The molecule has 12 rings (SSSR count). The van der Waals surface area contributed by atoms with Gasteiger partial charge in [0.2, 0.25) is 0 Å². The molecule has 0 fully saturated rings. The third-order valence-electron chi connectivity index (χ3n) is 11.4. The monoisotopic (exact) mass is 698 g/mol. The van der Waals surface area contributed by atoms with Gasteiger partial charge in [-0.3, -0.25) is 0 Å². The Bertz CT molecular complexity index is 3420. The largest absolute Gasteiger partial charge is 0.308 e. The highest BCUT2D eigenvalue weighted by Crippen LogP contribution is 2.44. The Morgan fingerprint density at radius 2 is 0.727 bits per heavy atom. The van der Waals surface area contributed by atoms with E-state index < -0.39 is 0 Å². The van der Waals surface area contributed by atoms with E-state index in [2.05, 4.69) is 150 Å². The summed E-state index contributed by atoms with van der Waals surface area (Å²) in [6.45, 7) is 0. The molecule has 55 heavy (non-hydrogen) atoms. The average molecular weight is 699 g/mol. The summed E-state index contributed by atoms with van der Waals surface area (Å²) in [6.07, 6.45) is 0. The van der Waals surface area contributed by atoms with Crippen molar-refractivity contribution < 1.29 is 0 Å². The van der Waals surface area contributed by atoms with E-state index in [1.165, 1.54) is 70.4 Å². The minimum Gasteiger partial charge on any atom is -0.308 e. The average Bonchev–Trinajstić information content (AvgIpc) is 3.79. The third-order valence-corrected chi connectivity index (χ3v) is 11.4. The molecule has 0 aliphatic carbocycles. The molecular weight excluding hydrogens is 669 g/mol. The molecule has 0 saturated carbocycles. The van der Waals surface area contributed by atoms with Gasteiger partial charge in [0, 0.05) is 38.2 Å². The van der Waals surface area contributed by atoms with Crippen LogP contribution in [0.3, 0.4) is 0 Å². The Morgan fingerprint density at radius 1 is 0.273 bits per heavy atom. The first-order chi connectivity index (χ1) is 27.3. The molecule has 254 valence electrons. The Morgan fingerprint density at radius 3 is 1.33 bits per heavy atom. The number of nitrogens with zero attached hydrogens (tertiary/aromatic N) is 4. The summed E-state index contributed by atoms with van der Waals surface area (Å²) in [5.41, 5.74) is 8.70. The summed E-state index contributed by atoms with van der Waals surface area (Å²) in [6, 6.07) is 65.0. The molecule has 12 aromatic rings. The molecule has 0 unspecified atom stereocenters. The van der Waals surface area contributed by atoms with E-state index in [9.17, 15) is 0 Å². The van der Waals surface area contributed by atoms with Crippen LogP contribution < -0.4 is 0 Å². The molecular formula is C51H30N4. The van der Waals surface area contributed by atoms with Gasteiger partial charge in [-0.15, -0.1) is 0 Å². The van der Waals surface area contributed by atoms with Gasteiger partial charge < -0.3 is 4.40 Å². The fraction of sp³-hybridized carbons (Fsp3) is 0. The number of hydrogen-bond donors (Lipinski definition) is 0. The van der Waals surface area contributed by atoms with Gasteiger partial charge in [-0.1, -0.05) is 158 Å². The minimum absolute atomic E-state index is 0.638. The van der Waals surface area contributed by atoms with Gasteiger partial charge in [0.25, 0.3) is 0 Å². The number of para-hydroxylation sites is 2. The molecule has 0 spiro atoms. The van der Waals surface area contributed by atoms with Crippen molar-refractivity contribution in [2.75, 3.05) is 0 Å². The summed E-state index contributed by atoms with van der Waals surface area (Å²) in [5.74, 6) is 1.92. The van der Waals surface area contributed by atoms with Crippen LogP contribution in [-0.2, 0) is 0 Å². The standard InChI is InChI=1S/C51H30N4/c1-3-14-31(15-4-1)49-52-50(32-16-5-2-6-17-32)54-51(53-49)45-30-44-37-21-10-8-19-35(37)34-18-7-9-20-36(34)43(44)29-42(45)33-26-27-39-41-24-13-23-40-38-22-11-12-25-46(38)55(48(40)41)47(39)28-33/h1-30H. The Hall–Kier alpha value is -7.43. The summed E-state index contributed by atoms with van der Waals surface area (Å²) in [5, 5.41) is 12.3. The molecule has 0 atom stereocenters. The zero-order valence-corrected chi connectivity index (χ0v) is 29.6. The third kappa shape index (κ3) is 4.43. The molecule has 4 heteroatoms. The molecule has 0 bridgehead atoms. The van der Waals surface area contributed by atoms with Crippen LogP contribution in [0.4, 0.5) is 0 Å². The van der Waals surface area contributed by atoms with E-state index >= 15 is 0 Å². The number of benzene rings is 9. The lowest BCUT2D eigenvalue weighted by Crippen LogP contribution is -2.01. The van der Waals surface area contributed by atoms with E-state index in [0.29, 0.717) is 17.5 Å². The molecule has 3 aromatic heterocycles. The van der Waals surface area contributed by atoms with E-state index in [1.807, 2.05) is 36.4 Å². The zero-order chi connectivity index (χ0) is 36.0. The Balaban J connectivity index is 1.22. The second-order valence-corrected chi connectivity index (χ2v) is 14.4. The maximum atomic E-state index is 5.28. The topological polar surface area (TPSA) is 43.1 Å². The van der Waals surface area contributed by atoms with E-state index in [4.69, 9.17) is 15.0 Å². The first-order valence-corrected chi connectivity index (χ1v) is 18.7. The van der Waals surface area contributed by atoms with E-state index in [1.54, 1.807) is 0 Å². The summed E-state index contributed by atoms with van der Waals surface area (Å²) >= 11 is 0. The van der Waals surface area contributed by atoms with Crippen molar-refractivity contribution >= 4 is 70.4 Å². The number of aromatic nitrogens is 4. The van der Waals surface area contributed by atoms with Crippen LogP contribution in [0.5, 0.6) is 0 Å². The van der Waals surface area contributed by atoms with Crippen LogP contribution in [0.25, 0.3) is 116 Å². The van der Waals surface area contributed by atoms with Crippen molar-refractivity contribution in [1.29, 1.82) is 0 Å². The first-order valence-electron chi connectivity index (χ1n) is 18.7. The predicted molar refractivity (Wildman–Crippen MR) is 229 cm³/mol. The van der Waals surface area contributed by atoms with Crippen LogP contribution in [0.15, 0.2) is 182 Å². The molecule has 9 aromatic carbocycles. The quantitative estimate of drug-likeness (QED) is 0.172. The number of hydrogen-bond acceptors (Lipinski definition) is 3. The SMILES string of the molecule is c1ccc(-c2nc(-c3ccccc3)nc(-c3cc4c5ccccc5c5ccccc5c4cc3-c3ccc4c5cccc6c7ccccc7n(c4c3)c65)n2)cc1. The molecule has 0 saturated heterocycles. The molecule has 0 N–H and O–H groups in total. The molecule has 4 nitrogen and oxygen atoms in total. The zero-order valence-electron chi connectivity index (χ0n) is 29.6. The maximum Gasteiger partial charge on any atom is 0.164 e. The highest BCUT2D eigenvalue weighted by atomic mass is 15.0. The predicted octanol–water partition coefficient (Wildman–Crippen LogP) is 13.1.